The third-order valence-corrected chi connectivity index (χ3v) is 1.04. The van der Waals surface area contributed by atoms with E-state index in [0.717, 1.165) is 0 Å². The van der Waals surface area contributed by atoms with Crippen LogP contribution >= 0.6 is 0 Å². The van der Waals surface area contributed by atoms with Crippen molar-refractivity contribution in [1.82, 2.24) is 0 Å². The predicted molar refractivity (Wildman–Crippen MR) is 31.7 cm³/mol. The fourth-order valence-corrected chi connectivity index (χ4v) is 0.237. The molecule has 0 saturated heterocycles. The van der Waals surface area contributed by atoms with Crippen LogP contribution in [0.5, 0.6) is 0 Å². The Hall–Kier alpha value is -1.12. The van der Waals surface area contributed by atoms with Crippen molar-refractivity contribution in [2.24, 2.45) is 0 Å². The smallest absolute Gasteiger partial charge is 0.331 e. The van der Waals surface area contributed by atoms with Crippen molar-refractivity contribution in [1.29, 1.82) is 0 Å². The quantitative estimate of drug-likeness (QED) is 0.550. The lowest BCUT2D eigenvalue weighted by atomic mass is 10.2. The zero-order chi connectivity index (χ0) is 7.44. The monoisotopic (exact) mass is 127 g/mol. The lowest BCUT2D eigenvalue weighted by Crippen LogP contribution is -1.99. The summed E-state index contributed by atoms with van der Waals surface area (Å²) in [6.45, 7) is 2.78. The first kappa shape index (κ1) is 7.88. The SMILES string of the molecule is CC([C]=O)=C(C)C(=O)O. The zero-order valence-corrected chi connectivity index (χ0v) is 5.26. The summed E-state index contributed by atoms with van der Waals surface area (Å²) in [4.78, 5) is 19.9. The van der Waals surface area contributed by atoms with Crippen molar-refractivity contribution >= 4 is 12.3 Å². The van der Waals surface area contributed by atoms with E-state index in [0.29, 0.717) is 0 Å². The van der Waals surface area contributed by atoms with Crippen LogP contribution in [-0.2, 0) is 9.59 Å². The Morgan fingerprint density at radius 3 is 2.00 bits per heavy atom. The first-order chi connectivity index (χ1) is 4.09. The highest BCUT2D eigenvalue weighted by atomic mass is 16.4. The minimum absolute atomic E-state index is 0.0463. The number of aliphatic carboxylic acids is 1. The molecule has 0 heterocycles. The number of rotatable bonds is 2. The predicted octanol–water partition coefficient (Wildman–Crippen LogP) is 0.517. The van der Waals surface area contributed by atoms with Gasteiger partial charge in [0.25, 0.3) is 0 Å². The molecular formula is C6H7O3. The molecule has 0 atom stereocenters. The third-order valence-electron chi connectivity index (χ3n) is 1.04. The zero-order valence-electron chi connectivity index (χ0n) is 5.26. The summed E-state index contributed by atoms with van der Waals surface area (Å²) < 4.78 is 0. The number of carbonyl (C=O) groups excluding carboxylic acids is 1. The maximum absolute atomic E-state index is 10.1. The largest absolute Gasteiger partial charge is 0.478 e. The third kappa shape index (κ3) is 2.08. The minimum Gasteiger partial charge on any atom is -0.478 e. The van der Waals surface area contributed by atoms with E-state index < -0.39 is 5.97 Å². The van der Waals surface area contributed by atoms with Gasteiger partial charge < -0.3 is 5.11 Å². The molecule has 9 heavy (non-hydrogen) atoms. The van der Waals surface area contributed by atoms with Crippen molar-refractivity contribution in [3.05, 3.63) is 11.1 Å². The van der Waals surface area contributed by atoms with Gasteiger partial charge in [-0.15, -0.1) is 0 Å². The Morgan fingerprint density at radius 2 is 1.89 bits per heavy atom. The molecule has 3 heteroatoms. The average molecular weight is 127 g/mol. The van der Waals surface area contributed by atoms with Crippen LogP contribution in [0.1, 0.15) is 13.8 Å². The second-order valence-electron chi connectivity index (χ2n) is 1.66. The van der Waals surface area contributed by atoms with E-state index in [9.17, 15) is 9.59 Å². The molecular weight excluding hydrogens is 120 g/mol. The molecule has 0 aliphatic heterocycles. The Kier molecular flexibility index (Phi) is 2.64. The van der Waals surface area contributed by atoms with Gasteiger partial charge >= 0.3 is 5.97 Å². The Morgan fingerprint density at radius 1 is 1.44 bits per heavy atom. The van der Waals surface area contributed by atoms with Crippen molar-refractivity contribution in [3.63, 3.8) is 0 Å². The fraction of sp³-hybridized carbons (Fsp3) is 0.333. The van der Waals surface area contributed by atoms with Gasteiger partial charge in [-0.1, -0.05) is 0 Å². The van der Waals surface area contributed by atoms with Crippen LogP contribution in [0.15, 0.2) is 11.1 Å². The molecule has 3 nitrogen and oxygen atoms in total. The van der Waals surface area contributed by atoms with Gasteiger partial charge in [-0.3, -0.25) is 4.79 Å². The summed E-state index contributed by atoms with van der Waals surface area (Å²) in [6, 6.07) is 0. The van der Waals surface area contributed by atoms with Crippen molar-refractivity contribution in [2.75, 3.05) is 0 Å². The molecule has 0 saturated carbocycles. The summed E-state index contributed by atoms with van der Waals surface area (Å²) in [5.41, 5.74) is 0.188. The number of carboxylic acid groups (broad SMARTS) is 1. The Bertz CT molecular complexity index is 167. The van der Waals surface area contributed by atoms with Crippen LogP contribution in [-0.4, -0.2) is 17.4 Å². The van der Waals surface area contributed by atoms with Gasteiger partial charge in [-0.25, -0.2) is 4.79 Å². The number of hydrogen-bond acceptors (Lipinski definition) is 2. The van der Waals surface area contributed by atoms with Crippen LogP contribution in [0.25, 0.3) is 0 Å². The van der Waals surface area contributed by atoms with Gasteiger partial charge in [0.15, 0.2) is 0 Å². The van der Waals surface area contributed by atoms with Crippen molar-refractivity contribution < 1.29 is 14.7 Å². The van der Waals surface area contributed by atoms with Crippen LogP contribution in [0.3, 0.4) is 0 Å². The molecule has 0 aliphatic rings. The highest BCUT2D eigenvalue weighted by Crippen LogP contribution is 1.98. The molecule has 0 aliphatic carbocycles. The van der Waals surface area contributed by atoms with Crippen LogP contribution in [0, 0.1) is 0 Å². The Balaban J connectivity index is 4.47. The van der Waals surface area contributed by atoms with Gasteiger partial charge in [0.05, 0.1) is 0 Å². The molecule has 0 fully saturated rings. The highest BCUT2D eigenvalue weighted by molar-refractivity contribution is 5.93. The topological polar surface area (TPSA) is 54.4 Å². The molecule has 0 unspecified atom stereocenters. The molecule has 0 aromatic heterocycles. The summed E-state index contributed by atoms with van der Waals surface area (Å²) in [5.74, 6) is -1.07. The molecule has 1 N–H and O–H groups in total. The summed E-state index contributed by atoms with van der Waals surface area (Å²) in [6.07, 6.45) is 1.49. The molecule has 0 bridgehead atoms. The highest BCUT2D eigenvalue weighted by Gasteiger charge is 2.03. The number of carbonyl (C=O) groups is 1. The molecule has 1 radical (unpaired) electrons. The van der Waals surface area contributed by atoms with E-state index in [4.69, 9.17) is 5.11 Å². The minimum atomic E-state index is -1.07. The van der Waals surface area contributed by atoms with E-state index in [2.05, 4.69) is 0 Å². The number of allylic oxidation sites excluding steroid dienone is 1. The van der Waals surface area contributed by atoms with E-state index in [1.807, 2.05) is 0 Å². The average Bonchev–Trinajstić information content (AvgIpc) is 1.84. The number of carboxylic acids is 1. The maximum atomic E-state index is 10.1. The van der Waals surface area contributed by atoms with E-state index >= 15 is 0 Å². The standard InChI is InChI=1S/C6H7O3/c1-4(3-7)5(2)6(8)9/h1-2H3,(H,8,9). The molecule has 0 aromatic rings. The molecule has 0 rings (SSSR count). The normalized spacial score (nSPS) is 12.2. The van der Waals surface area contributed by atoms with E-state index in [1.165, 1.54) is 20.1 Å². The number of hydrogen-bond donors (Lipinski definition) is 1. The van der Waals surface area contributed by atoms with Crippen molar-refractivity contribution in [3.8, 4) is 0 Å². The van der Waals surface area contributed by atoms with Gasteiger partial charge in [-0.2, -0.15) is 0 Å². The van der Waals surface area contributed by atoms with Crippen molar-refractivity contribution in [2.45, 2.75) is 13.8 Å². The van der Waals surface area contributed by atoms with Crippen LogP contribution in [0.4, 0.5) is 0 Å². The van der Waals surface area contributed by atoms with Gasteiger partial charge in [0.2, 0.25) is 6.29 Å². The van der Waals surface area contributed by atoms with Crippen LogP contribution in [0.2, 0.25) is 0 Å². The molecule has 0 amide bonds. The lowest BCUT2D eigenvalue weighted by Gasteiger charge is -1.90. The lowest BCUT2D eigenvalue weighted by molar-refractivity contribution is -0.132. The maximum Gasteiger partial charge on any atom is 0.331 e. The first-order valence-corrected chi connectivity index (χ1v) is 2.38. The molecule has 0 spiro atoms. The molecule has 0 aromatic carbocycles. The fourth-order valence-electron chi connectivity index (χ4n) is 0.237. The van der Waals surface area contributed by atoms with E-state index in [1.54, 1.807) is 0 Å². The van der Waals surface area contributed by atoms with Gasteiger partial charge in [-0.05, 0) is 13.8 Å². The summed E-state index contributed by atoms with van der Waals surface area (Å²) in [7, 11) is 0. The summed E-state index contributed by atoms with van der Waals surface area (Å²) >= 11 is 0. The second kappa shape index (κ2) is 3.02. The first-order valence-electron chi connectivity index (χ1n) is 2.38. The van der Waals surface area contributed by atoms with E-state index in [-0.39, 0.29) is 11.1 Å². The summed E-state index contributed by atoms with van der Waals surface area (Å²) in [5, 5.41) is 8.25. The second-order valence-corrected chi connectivity index (χ2v) is 1.66. The molecule has 49 valence electrons. The van der Waals surface area contributed by atoms with Gasteiger partial charge in [0.1, 0.15) is 0 Å². The van der Waals surface area contributed by atoms with Crippen LogP contribution < -0.4 is 0 Å². The van der Waals surface area contributed by atoms with Gasteiger partial charge in [0, 0.05) is 11.1 Å². The Labute approximate surface area is 53.0 Å².